The molecule has 0 aliphatic carbocycles. The Kier molecular flexibility index (Phi) is 5.64. The molecule has 0 unspecified atom stereocenters. The Morgan fingerprint density at radius 3 is 2.74 bits per heavy atom. The molecule has 2 heterocycles. The first kappa shape index (κ1) is 18.4. The summed E-state index contributed by atoms with van der Waals surface area (Å²) in [5.41, 5.74) is 0.569. The van der Waals surface area contributed by atoms with Gasteiger partial charge in [0.25, 0.3) is 11.6 Å². The first-order chi connectivity index (χ1) is 13.1. The van der Waals surface area contributed by atoms with E-state index in [1.807, 2.05) is 6.07 Å². The lowest BCUT2D eigenvalue weighted by molar-refractivity contribution is -0.384. The van der Waals surface area contributed by atoms with E-state index >= 15 is 0 Å². The number of non-ortho nitro benzene ring substituents is 1. The molecule has 1 aromatic carbocycles. The fraction of sp³-hybridized carbons (Fsp3) is 0.263. The van der Waals surface area contributed by atoms with Crippen molar-refractivity contribution in [2.45, 2.75) is 18.9 Å². The SMILES string of the molecule is N#C/C(=C\c1ccc(-c2ccc([N+](=O)[O-])cc2)o1)C(=O)NC[C@@H]1CCCO1. The molecule has 0 saturated carbocycles. The largest absolute Gasteiger partial charge is 0.457 e. The highest BCUT2D eigenvalue weighted by atomic mass is 16.6. The van der Waals surface area contributed by atoms with E-state index in [4.69, 9.17) is 9.15 Å². The number of furan rings is 1. The molecule has 1 atom stereocenters. The third-order valence-corrected chi connectivity index (χ3v) is 4.16. The molecule has 1 fully saturated rings. The van der Waals surface area contributed by atoms with Gasteiger partial charge in [-0.15, -0.1) is 0 Å². The molecule has 0 radical (unpaired) electrons. The number of benzene rings is 1. The average Bonchev–Trinajstić information content (AvgIpc) is 3.36. The Bertz CT molecular complexity index is 902. The maximum atomic E-state index is 12.2. The molecular weight excluding hydrogens is 350 g/mol. The molecule has 2 aromatic rings. The molecule has 27 heavy (non-hydrogen) atoms. The first-order valence-electron chi connectivity index (χ1n) is 8.43. The van der Waals surface area contributed by atoms with E-state index < -0.39 is 10.8 Å². The maximum Gasteiger partial charge on any atom is 0.269 e. The minimum atomic E-state index is -0.485. The zero-order chi connectivity index (χ0) is 19.2. The lowest BCUT2D eigenvalue weighted by atomic mass is 10.1. The number of hydrogen-bond acceptors (Lipinski definition) is 6. The third kappa shape index (κ3) is 4.59. The van der Waals surface area contributed by atoms with Crippen LogP contribution in [0.2, 0.25) is 0 Å². The molecule has 1 aliphatic heterocycles. The van der Waals surface area contributed by atoms with Crippen LogP contribution >= 0.6 is 0 Å². The highest BCUT2D eigenvalue weighted by Crippen LogP contribution is 2.25. The monoisotopic (exact) mass is 367 g/mol. The van der Waals surface area contributed by atoms with Crippen molar-refractivity contribution in [3.63, 3.8) is 0 Å². The molecule has 8 nitrogen and oxygen atoms in total. The molecule has 3 rings (SSSR count). The third-order valence-electron chi connectivity index (χ3n) is 4.16. The van der Waals surface area contributed by atoms with E-state index in [1.165, 1.54) is 18.2 Å². The van der Waals surface area contributed by atoms with Crippen LogP contribution in [0.25, 0.3) is 17.4 Å². The van der Waals surface area contributed by atoms with Crippen LogP contribution in [-0.2, 0) is 9.53 Å². The number of rotatable bonds is 6. The van der Waals surface area contributed by atoms with Crippen LogP contribution in [0, 0.1) is 21.4 Å². The van der Waals surface area contributed by atoms with Gasteiger partial charge in [0, 0.05) is 36.9 Å². The van der Waals surface area contributed by atoms with E-state index in [9.17, 15) is 20.2 Å². The zero-order valence-corrected chi connectivity index (χ0v) is 14.4. The molecule has 1 saturated heterocycles. The van der Waals surface area contributed by atoms with Crippen LogP contribution in [0.15, 0.2) is 46.4 Å². The quantitative estimate of drug-likeness (QED) is 0.363. The van der Waals surface area contributed by atoms with Crippen LogP contribution in [0.1, 0.15) is 18.6 Å². The lowest BCUT2D eigenvalue weighted by Crippen LogP contribution is -2.32. The number of nitro benzene ring substituents is 1. The predicted octanol–water partition coefficient (Wildman–Crippen LogP) is 3.06. The van der Waals surface area contributed by atoms with Crippen LogP contribution in [-0.4, -0.2) is 30.1 Å². The summed E-state index contributed by atoms with van der Waals surface area (Å²) < 4.78 is 11.1. The summed E-state index contributed by atoms with van der Waals surface area (Å²) in [6, 6.07) is 11.1. The summed E-state index contributed by atoms with van der Waals surface area (Å²) in [6.45, 7) is 1.06. The zero-order valence-electron chi connectivity index (χ0n) is 14.4. The molecule has 0 spiro atoms. The Hall–Kier alpha value is -3.44. The fourth-order valence-electron chi connectivity index (χ4n) is 2.73. The Balaban J connectivity index is 1.69. The normalized spacial score (nSPS) is 16.7. The van der Waals surface area contributed by atoms with Crippen molar-refractivity contribution in [3.05, 3.63) is 57.8 Å². The number of nitriles is 1. The van der Waals surface area contributed by atoms with Gasteiger partial charge in [-0.25, -0.2) is 0 Å². The van der Waals surface area contributed by atoms with Gasteiger partial charge >= 0.3 is 0 Å². The number of hydrogen-bond donors (Lipinski definition) is 1. The summed E-state index contributed by atoms with van der Waals surface area (Å²) in [7, 11) is 0. The van der Waals surface area contributed by atoms with Gasteiger partial charge in [0.05, 0.1) is 11.0 Å². The minimum Gasteiger partial charge on any atom is -0.457 e. The molecule has 1 amide bonds. The second kappa shape index (κ2) is 8.29. The maximum absolute atomic E-state index is 12.2. The van der Waals surface area contributed by atoms with Gasteiger partial charge in [-0.1, -0.05) is 0 Å². The molecule has 1 aromatic heterocycles. The van der Waals surface area contributed by atoms with Crippen molar-refractivity contribution in [1.29, 1.82) is 5.26 Å². The summed E-state index contributed by atoms with van der Waals surface area (Å²) in [6.07, 6.45) is 3.22. The van der Waals surface area contributed by atoms with Crippen molar-refractivity contribution in [2.75, 3.05) is 13.2 Å². The molecule has 138 valence electrons. The number of nitro groups is 1. The molecular formula is C19H17N3O5. The van der Waals surface area contributed by atoms with Crippen molar-refractivity contribution < 1.29 is 18.9 Å². The molecule has 1 N–H and O–H groups in total. The molecule has 0 bridgehead atoms. The summed E-state index contributed by atoms with van der Waals surface area (Å²) in [4.78, 5) is 22.4. The van der Waals surface area contributed by atoms with Crippen molar-refractivity contribution in [1.82, 2.24) is 5.32 Å². The summed E-state index contributed by atoms with van der Waals surface area (Å²) in [5, 5.41) is 22.6. The van der Waals surface area contributed by atoms with E-state index in [1.54, 1.807) is 24.3 Å². The second-order valence-electron chi connectivity index (χ2n) is 6.02. The minimum absolute atomic E-state index is 0.00811. The number of carbonyl (C=O) groups is 1. The second-order valence-corrected chi connectivity index (χ2v) is 6.02. The highest BCUT2D eigenvalue weighted by Gasteiger charge is 2.18. The average molecular weight is 367 g/mol. The first-order valence-corrected chi connectivity index (χ1v) is 8.43. The number of ether oxygens (including phenoxy) is 1. The fourth-order valence-corrected chi connectivity index (χ4v) is 2.73. The predicted molar refractivity (Wildman–Crippen MR) is 96.4 cm³/mol. The van der Waals surface area contributed by atoms with Gasteiger partial charge < -0.3 is 14.5 Å². The van der Waals surface area contributed by atoms with Crippen molar-refractivity contribution in [2.24, 2.45) is 0 Å². The summed E-state index contributed by atoms with van der Waals surface area (Å²) >= 11 is 0. The van der Waals surface area contributed by atoms with Gasteiger partial charge in [-0.05, 0) is 37.1 Å². The van der Waals surface area contributed by atoms with Crippen molar-refractivity contribution >= 4 is 17.7 Å². The standard InChI is InChI=1S/C19H17N3O5/c20-11-14(19(23)21-12-17-2-1-9-26-17)10-16-7-8-18(27-16)13-3-5-15(6-4-13)22(24)25/h3-8,10,17H,1-2,9,12H2,(H,21,23)/b14-10+/t17-/m0/s1. The van der Waals surface area contributed by atoms with Gasteiger partial charge in [0.1, 0.15) is 23.2 Å². The molecule has 8 heteroatoms. The van der Waals surface area contributed by atoms with Gasteiger partial charge in [-0.2, -0.15) is 5.26 Å². The van der Waals surface area contributed by atoms with Gasteiger partial charge in [0.15, 0.2) is 0 Å². The lowest BCUT2D eigenvalue weighted by Gasteiger charge is -2.09. The van der Waals surface area contributed by atoms with E-state index in [0.29, 0.717) is 30.2 Å². The topological polar surface area (TPSA) is 118 Å². The van der Waals surface area contributed by atoms with E-state index in [0.717, 1.165) is 12.8 Å². The smallest absolute Gasteiger partial charge is 0.269 e. The van der Waals surface area contributed by atoms with Crippen LogP contribution in [0.4, 0.5) is 5.69 Å². The Labute approximate surface area is 155 Å². The van der Waals surface area contributed by atoms with Crippen LogP contribution in [0.3, 0.4) is 0 Å². The van der Waals surface area contributed by atoms with Gasteiger partial charge in [0.2, 0.25) is 0 Å². The van der Waals surface area contributed by atoms with E-state index in [2.05, 4.69) is 5.32 Å². The summed E-state index contributed by atoms with van der Waals surface area (Å²) in [5.74, 6) is 0.335. The van der Waals surface area contributed by atoms with Crippen LogP contribution in [0.5, 0.6) is 0 Å². The Morgan fingerprint density at radius 2 is 2.11 bits per heavy atom. The Morgan fingerprint density at radius 1 is 1.33 bits per heavy atom. The highest BCUT2D eigenvalue weighted by molar-refractivity contribution is 6.01. The number of nitrogens with one attached hydrogen (secondary N) is 1. The van der Waals surface area contributed by atoms with E-state index in [-0.39, 0.29) is 17.4 Å². The number of nitrogens with zero attached hydrogens (tertiary/aromatic N) is 2. The van der Waals surface area contributed by atoms with Crippen LogP contribution < -0.4 is 5.32 Å². The van der Waals surface area contributed by atoms with Crippen molar-refractivity contribution in [3.8, 4) is 17.4 Å². The number of carbonyl (C=O) groups excluding carboxylic acids is 1. The molecule has 1 aliphatic rings. The van der Waals surface area contributed by atoms with Gasteiger partial charge in [-0.3, -0.25) is 14.9 Å². The number of amides is 1.